The summed E-state index contributed by atoms with van der Waals surface area (Å²) in [6.07, 6.45) is 3.68. The Kier molecular flexibility index (Phi) is 7.74. The summed E-state index contributed by atoms with van der Waals surface area (Å²) in [6.45, 7) is 7.29. The van der Waals surface area contributed by atoms with Crippen molar-refractivity contribution in [3.8, 4) is 17.2 Å². The molecule has 0 unspecified atom stereocenters. The van der Waals surface area contributed by atoms with Crippen LogP contribution >= 0.6 is 0 Å². The van der Waals surface area contributed by atoms with Crippen molar-refractivity contribution in [1.82, 2.24) is 14.7 Å². The average molecular weight is 460 g/mol. The van der Waals surface area contributed by atoms with Gasteiger partial charge in [-0.1, -0.05) is 0 Å². The van der Waals surface area contributed by atoms with Gasteiger partial charge in [0.05, 0.1) is 46.6 Å². The topological polar surface area (TPSA) is 76.9 Å². The number of benzene rings is 1. The van der Waals surface area contributed by atoms with Gasteiger partial charge < -0.3 is 28.3 Å². The number of morpholine rings is 1. The molecule has 2 aromatic rings. The molecule has 9 heteroatoms. The fourth-order valence-electron chi connectivity index (χ4n) is 4.48. The number of nitrogens with zero attached hydrogens (tertiary/aromatic N) is 3. The lowest BCUT2D eigenvalue weighted by molar-refractivity contribution is -0.0497. The summed E-state index contributed by atoms with van der Waals surface area (Å²) in [5, 5.41) is 0. The molecule has 33 heavy (non-hydrogen) atoms. The van der Waals surface area contributed by atoms with Crippen LogP contribution in [0.25, 0.3) is 0 Å². The molecule has 0 aliphatic carbocycles. The third kappa shape index (κ3) is 5.61. The number of carbonyl (C=O) groups excluding carboxylic acids is 1. The summed E-state index contributed by atoms with van der Waals surface area (Å²) >= 11 is 0. The van der Waals surface area contributed by atoms with Crippen LogP contribution in [0.2, 0.25) is 0 Å². The predicted octanol–water partition coefficient (Wildman–Crippen LogP) is 1.96. The monoisotopic (exact) mass is 459 g/mol. The van der Waals surface area contributed by atoms with Crippen LogP contribution in [0.15, 0.2) is 35.1 Å². The fourth-order valence-corrected chi connectivity index (χ4v) is 4.48. The van der Waals surface area contributed by atoms with E-state index in [0.29, 0.717) is 35.9 Å². The Morgan fingerprint density at radius 3 is 2.33 bits per heavy atom. The maximum absolute atomic E-state index is 13.1. The lowest BCUT2D eigenvalue weighted by Gasteiger charge is -2.39. The molecule has 2 aliphatic rings. The number of carbonyl (C=O) groups is 1. The molecule has 0 spiro atoms. The van der Waals surface area contributed by atoms with Gasteiger partial charge in [-0.05, 0) is 18.2 Å². The number of methoxy groups -OCH3 is 3. The largest absolute Gasteiger partial charge is 0.493 e. The third-order valence-corrected chi connectivity index (χ3v) is 6.24. The lowest BCUT2D eigenvalue weighted by atomic mass is 10.1. The van der Waals surface area contributed by atoms with Crippen molar-refractivity contribution in [2.75, 3.05) is 73.7 Å². The Balaban J connectivity index is 1.30. The molecule has 1 atom stereocenters. The number of amides is 1. The van der Waals surface area contributed by atoms with E-state index >= 15 is 0 Å². The molecule has 0 saturated carbocycles. The van der Waals surface area contributed by atoms with Crippen LogP contribution < -0.4 is 14.2 Å². The molecule has 180 valence electrons. The van der Waals surface area contributed by atoms with E-state index in [4.69, 9.17) is 23.4 Å². The van der Waals surface area contributed by atoms with Crippen LogP contribution in [0.5, 0.6) is 17.2 Å². The van der Waals surface area contributed by atoms with Crippen molar-refractivity contribution in [3.05, 3.63) is 41.9 Å². The van der Waals surface area contributed by atoms with Gasteiger partial charge in [0.1, 0.15) is 0 Å². The summed E-state index contributed by atoms with van der Waals surface area (Å²) in [7, 11) is 4.65. The van der Waals surface area contributed by atoms with Gasteiger partial charge in [0.25, 0.3) is 5.91 Å². The number of hydrogen-bond acceptors (Lipinski definition) is 8. The second kappa shape index (κ2) is 10.9. The van der Waals surface area contributed by atoms with Gasteiger partial charge in [-0.3, -0.25) is 14.6 Å². The van der Waals surface area contributed by atoms with Crippen molar-refractivity contribution in [2.45, 2.75) is 12.6 Å². The second-order valence-corrected chi connectivity index (χ2v) is 8.37. The van der Waals surface area contributed by atoms with Gasteiger partial charge in [0.15, 0.2) is 11.5 Å². The van der Waals surface area contributed by atoms with E-state index < -0.39 is 0 Å². The highest BCUT2D eigenvalue weighted by Crippen LogP contribution is 2.38. The zero-order valence-corrected chi connectivity index (χ0v) is 19.6. The molecule has 3 heterocycles. The molecule has 0 bridgehead atoms. The van der Waals surface area contributed by atoms with Gasteiger partial charge in [-0.2, -0.15) is 0 Å². The number of rotatable bonds is 8. The Morgan fingerprint density at radius 2 is 1.73 bits per heavy atom. The second-order valence-electron chi connectivity index (χ2n) is 8.37. The van der Waals surface area contributed by atoms with Crippen molar-refractivity contribution in [1.29, 1.82) is 0 Å². The molecule has 0 radical (unpaired) electrons. The van der Waals surface area contributed by atoms with Crippen LogP contribution in [0.3, 0.4) is 0 Å². The molecule has 1 aromatic heterocycles. The predicted molar refractivity (Wildman–Crippen MR) is 122 cm³/mol. The molecule has 1 amide bonds. The van der Waals surface area contributed by atoms with E-state index in [2.05, 4.69) is 9.80 Å². The molecule has 2 aliphatic heterocycles. The Labute approximate surface area is 194 Å². The van der Waals surface area contributed by atoms with Crippen molar-refractivity contribution in [2.24, 2.45) is 0 Å². The summed E-state index contributed by atoms with van der Waals surface area (Å²) in [5.41, 5.74) is 1.72. The van der Waals surface area contributed by atoms with Gasteiger partial charge in [0.2, 0.25) is 5.75 Å². The first-order chi connectivity index (χ1) is 16.1. The van der Waals surface area contributed by atoms with Gasteiger partial charge >= 0.3 is 0 Å². The van der Waals surface area contributed by atoms with Crippen LogP contribution in [0.4, 0.5) is 0 Å². The highest BCUT2D eigenvalue weighted by atomic mass is 16.5. The van der Waals surface area contributed by atoms with E-state index in [1.165, 1.54) is 5.56 Å². The third-order valence-electron chi connectivity index (χ3n) is 6.24. The molecule has 2 saturated heterocycles. The molecule has 9 nitrogen and oxygen atoms in total. The Hall–Kier alpha value is -2.75. The molecule has 1 aromatic carbocycles. The first-order valence-corrected chi connectivity index (χ1v) is 11.3. The highest BCUT2D eigenvalue weighted by molar-refractivity contribution is 5.95. The van der Waals surface area contributed by atoms with Crippen LogP contribution in [-0.2, 0) is 11.3 Å². The summed E-state index contributed by atoms with van der Waals surface area (Å²) in [6, 6.07) is 5.43. The Bertz CT molecular complexity index is 886. The minimum atomic E-state index is -0.0332. The van der Waals surface area contributed by atoms with Crippen molar-refractivity contribution >= 4 is 5.91 Å². The number of furan rings is 1. The van der Waals surface area contributed by atoms with E-state index in [1.54, 1.807) is 46.0 Å². The number of ether oxygens (including phenoxy) is 4. The molecular formula is C24H33N3O6. The van der Waals surface area contributed by atoms with Gasteiger partial charge in [-0.15, -0.1) is 0 Å². The quantitative estimate of drug-likeness (QED) is 0.593. The summed E-state index contributed by atoms with van der Waals surface area (Å²) < 4.78 is 27.3. The van der Waals surface area contributed by atoms with E-state index in [1.807, 2.05) is 11.0 Å². The van der Waals surface area contributed by atoms with E-state index in [9.17, 15) is 4.79 Å². The standard InChI is InChI=1S/C24H33N3O6/c1-29-21-12-19(13-22(30-2)23(21)31-3)24(28)27-7-5-25(6-8-27)15-20-16-26(9-11-33-20)14-18-4-10-32-17-18/h4,10,12-13,17,20H,5-9,11,14-16H2,1-3H3/t20-/m1/s1. The maximum Gasteiger partial charge on any atom is 0.254 e. The van der Waals surface area contributed by atoms with Crippen molar-refractivity contribution in [3.63, 3.8) is 0 Å². The lowest BCUT2D eigenvalue weighted by Crippen LogP contribution is -2.53. The maximum atomic E-state index is 13.1. The average Bonchev–Trinajstić information content (AvgIpc) is 3.36. The smallest absolute Gasteiger partial charge is 0.254 e. The normalized spacial score (nSPS) is 20.0. The number of hydrogen-bond donors (Lipinski definition) is 0. The fraction of sp³-hybridized carbons (Fsp3) is 0.542. The minimum Gasteiger partial charge on any atom is -0.493 e. The molecule has 0 N–H and O–H groups in total. The minimum absolute atomic E-state index is 0.0332. The van der Waals surface area contributed by atoms with Crippen LogP contribution in [0.1, 0.15) is 15.9 Å². The van der Waals surface area contributed by atoms with Crippen molar-refractivity contribution < 1.29 is 28.2 Å². The Morgan fingerprint density at radius 1 is 1.00 bits per heavy atom. The van der Waals surface area contributed by atoms with Crippen LogP contribution in [-0.4, -0.2) is 100 Å². The van der Waals surface area contributed by atoms with Crippen LogP contribution in [0, 0.1) is 0 Å². The zero-order chi connectivity index (χ0) is 23.2. The first-order valence-electron chi connectivity index (χ1n) is 11.3. The molecule has 2 fully saturated rings. The molecular weight excluding hydrogens is 426 g/mol. The first kappa shape index (κ1) is 23.4. The SMILES string of the molecule is COc1cc(C(=O)N2CCN(C[C@@H]3CN(Cc4ccoc4)CCO3)CC2)cc(OC)c1OC. The summed E-state index contributed by atoms with van der Waals surface area (Å²) in [5.74, 6) is 1.41. The van der Waals surface area contributed by atoms with E-state index in [0.717, 1.165) is 45.9 Å². The zero-order valence-electron chi connectivity index (χ0n) is 19.6. The number of piperazine rings is 1. The highest BCUT2D eigenvalue weighted by Gasteiger charge is 2.28. The van der Waals surface area contributed by atoms with Gasteiger partial charge in [-0.25, -0.2) is 0 Å². The summed E-state index contributed by atoms with van der Waals surface area (Å²) in [4.78, 5) is 19.8. The molecule has 4 rings (SSSR count). The van der Waals surface area contributed by atoms with Gasteiger partial charge in [0, 0.05) is 63.5 Å². The van der Waals surface area contributed by atoms with E-state index in [-0.39, 0.29) is 12.0 Å².